The lowest BCUT2D eigenvalue weighted by Crippen LogP contribution is -2.57. The molecule has 35 heavy (non-hydrogen) atoms. The summed E-state index contributed by atoms with van der Waals surface area (Å²) in [6.07, 6.45) is -1.94. The predicted molar refractivity (Wildman–Crippen MR) is 142 cm³/mol. The Balaban J connectivity index is 1.52. The number of ether oxygens (including phenoxy) is 4. The number of hydrogen-bond donors (Lipinski definition) is 0. The summed E-state index contributed by atoms with van der Waals surface area (Å²) >= 11 is 2.24. The second-order valence-corrected chi connectivity index (χ2v) is 9.68. The lowest BCUT2D eigenvalue weighted by molar-refractivity contribution is -0.213. The van der Waals surface area contributed by atoms with Gasteiger partial charge in [-0.05, 0) is 22.2 Å². The van der Waals surface area contributed by atoms with E-state index in [0.717, 1.165) is 16.7 Å². The number of rotatable bonds is 11. The second-order valence-electron chi connectivity index (χ2n) is 8.24. The van der Waals surface area contributed by atoms with Crippen molar-refractivity contribution in [3.8, 4) is 0 Å². The van der Waals surface area contributed by atoms with Crippen molar-refractivity contribution in [3.63, 3.8) is 0 Å². The average Bonchev–Trinajstić information content (AvgIpc) is 2.90. The van der Waals surface area contributed by atoms with Gasteiger partial charge in [-0.15, -0.1) is 0 Å². The normalized spacial score (nSPS) is 24.0. The monoisotopic (exact) mass is 585 g/mol. The molecule has 8 heteroatoms. The third-order valence-corrected chi connectivity index (χ3v) is 7.04. The zero-order valence-corrected chi connectivity index (χ0v) is 21.4. The minimum absolute atomic E-state index is 0.238. The molecule has 5 atom stereocenters. The van der Waals surface area contributed by atoms with E-state index in [1.54, 1.807) is 0 Å². The molecule has 1 fully saturated rings. The van der Waals surface area contributed by atoms with Gasteiger partial charge in [0.1, 0.15) is 18.3 Å². The van der Waals surface area contributed by atoms with Crippen LogP contribution in [0.5, 0.6) is 0 Å². The maximum Gasteiger partial charge on any atom is 0.151 e. The summed E-state index contributed by atoms with van der Waals surface area (Å²) in [6, 6.07) is 29.9. The topological polar surface area (TPSA) is 85.7 Å². The van der Waals surface area contributed by atoms with Gasteiger partial charge in [0.25, 0.3) is 0 Å². The molecule has 0 aliphatic carbocycles. The van der Waals surface area contributed by atoms with Gasteiger partial charge in [0.05, 0.1) is 30.4 Å². The first-order chi connectivity index (χ1) is 17.2. The van der Waals surface area contributed by atoms with E-state index in [0.29, 0.717) is 19.8 Å². The molecule has 182 valence electrons. The first kappa shape index (κ1) is 25.6. The fourth-order valence-electron chi connectivity index (χ4n) is 3.95. The highest BCUT2D eigenvalue weighted by Gasteiger charge is 2.46. The van der Waals surface area contributed by atoms with Crippen LogP contribution in [0.15, 0.2) is 96.1 Å². The van der Waals surface area contributed by atoms with Crippen molar-refractivity contribution in [1.82, 2.24) is 0 Å². The summed E-state index contributed by atoms with van der Waals surface area (Å²) in [4.78, 5) is 3.00. The van der Waals surface area contributed by atoms with E-state index in [4.69, 9.17) is 24.5 Å². The fraction of sp³-hybridized carbons (Fsp3) is 0.333. The Morgan fingerprint density at radius 3 is 1.74 bits per heavy atom. The molecule has 0 radical (unpaired) electrons. The lowest BCUT2D eigenvalue weighted by atomic mass is 10.00. The van der Waals surface area contributed by atoms with Gasteiger partial charge < -0.3 is 18.9 Å². The van der Waals surface area contributed by atoms with E-state index in [1.165, 1.54) is 0 Å². The number of azide groups is 1. The molecule has 1 saturated heterocycles. The van der Waals surface area contributed by atoms with Crippen molar-refractivity contribution < 1.29 is 18.9 Å². The number of hydrogen-bond acceptors (Lipinski definition) is 5. The molecule has 0 saturated carbocycles. The minimum Gasteiger partial charge on any atom is -0.374 e. The van der Waals surface area contributed by atoms with Crippen molar-refractivity contribution in [2.75, 3.05) is 6.61 Å². The molecule has 1 heterocycles. The van der Waals surface area contributed by atoms with E-state index < -0.39 is 18.4 Å². The van der Waals surface area contributed by atoms with Gasteiger partial charge in [0.15, 0.2) is 6.23 Å². The molecule has 0 amide bonds. The fourth-order valence-corrected chi connectivity index (χ4v) is 4.88. The number of nitrogens with zero attached hydrogens (tertiary/aromatic N) is 3. The maximum absolute atomic E-state index is 9.13. The van der Waals surface area contributed by atoms with Crippen molar-refractivity contribution in [2.45, 2.75) is 48.3 Å². The van der Waals surface area contributed by atoms with E-state index >= 15 is 0 Å². The number of benzene rings is 3. The number of halogens is 1. The highest BCUT2D eigenvalue weighted by molar-refractivity contribution is 14.1. The van der Waals surface area contributed by atoms with Crippen LogP contribution in [0.1, 0.15) is 16.7 Å². The smallest absolute Gasteiger partial charge is 0.151 e. The molecule has 3 aromatic rings. The summed E-state index contributed by atoms with van der Waals surface area (Å²) in [7, 11) is 0. The first-order valence-corrected chi connectivity index (χ1v) is 12.8. The van der Waals surface area contributed by atoms with E-state index in [1.807, 2.05) is 91.0 Å². The van der Waals surface area contributed by atoms with Gasteiger partial charge >= 0.3 is 0 Å². The average molecular weight is 585 g/mol. The Morgan fingerprint density at radius 2 is 1.23 bits per heavy atom. The van der Waals surface area contributed by atoms with Gasteiger partial charge in [-0.1, -0.05) is 119 Å². The third kappa shape index (κ3) is 7.51. The van der Waals surface area contributed by atoms with E-state index in [9.17, 15) is 0 Å². The van der Waals surface area contributed by atoms with E-state index in [-0.39, 0.29) is 16.6 Å². The van der Waals surface area contributed by atoms with Crippen LogP contribution >= 0.6 is 22.6 Å². The highest BCUT2D eigenvalue weighted by Crippen LogP contribution is 2.33. The maximum atomic E-state index is 9.13. The van der Waals surface area contributed by atoms with Gasteiger partial charge in [0, 0.05) is 4.91 Å². The van der Waals surface area contributed by atoms with Crippen LogP contribution in [-0.4, -0.2) is 35.1 Å². The molecule has 1 aliphatic heterocycles. The second kappa shape index (κ2) is 13.6. The van der Waals surface area contributed by atoms with Gasteiger partial charge in [-0.2, -0.15) is 0 Å². The molecular weight excluding hydrogens is 557 g/mol. The summed E-state index contributed by atoms with van der Waals surface area (Å²) in [6.45, 7) is 1.55. The predicted octanol–water partition coefficient (Wildman–Crippen LogP) is 6.21. The van der Waals surface area contributed by atoms with Gasteiger partial charge in [0.2, 0.25) is 0 Å². The highest BCUT2D eigenvalue weighted by atomic mass is 127. The molecular formula is C27H28IN3O4. The van der Waals surface area contributed by atoms with Gasteiger partial charge in [-0.25, -0.2) is 0 Å². The van der Waals surface area contributed by atoms with Crippen molar-refractivity contribution in [3.05, 3.63) is 118 Å². The Morgan fingerprint density at radius 1 is 0.743 bits per heavy atom. The molecule has 3 aromatic carbocycles. The molecule has 0 aromatic heterocycles. The SMILES string of the molecule is [N-]=[N+]=N[C@@H]1O[C@H](COCc2ccccc2)[C@H](OCc2ccccc2)[C@H](OCc2ccccc2)[C@H]1I. The Bertz CT molecular complexity index is 1070. The summed E-state index contributed by atoms with van der Waals surface area (Å²) in [5, 5.41) is 3.90. The molecule has 0 N–H and O–H groups in total. The lowest BCUT2D eigenvalue weighted by Gasteiger charge is -2.43. The zero-order chi connectivity index (χ0) is 24.3. The first-order valence-electron chi connectivity index (χ1n) is 11.5. The van der Waals surface area contributed by atoms with Crippen LogP contribution < -0.4 is 0 Å². The van der Waals surface area contributed by atoms with Crippen LogP contribution in [0.25, 0.3) is 10.4 Å². The van der Waals surface area contributed by atoms with Crippen LogP contribution in [-0.2, 0) is 38.8 Å². The molecule has 0 spiro atoms. The molecule has 0 unspecified atom stereocenters. The Hall–Kier alpha value is -2.46. The van der Waals surface area contributed by atoms with Crippen LogP contribution in [0.3, 0.4) is 0 Å². The molecule has 7 nitrogen and oxygen atoms in total. The Labute approximate surface area is 219 Å². The molecule has 4 rings (SSSR count). The van der Waals surface area contributed by atoms with Crippen LogP contribution in [0.2, 0.25) is 0 Å². The summed E-state index contributed by atoms with van der Waals surface area (Å²) in [5.74, 6) is 0. The van der Waals surface area contributed by atoms with E-state index in [2.05, 4.69) is 32.6 Å². The number of alkyl halides is 1. The summed E-state index contributed by atoms with van der Waals surface area (Å²) < 4.78 is 24.8. The van der Waals surface area contributed by atoms with Crippen molar-refractivity contribution in [2.24, 2.45) is 5.11 Å². The third-order valence-electron chi connectivity index (χ3n) is 5.72. The summed E-state index contributed by atoms with van der Waals surface area (Å²) in [5.41, 5.74) is 12.3. The molecule has 1 aliphatic rings. The van der Waals surface area contributed by atoms with Crippen LogP contribution in [0.4, 0.5) is 0 Å². The standard InChI is InChI=1S/C27H28IN3O4/c28-24-26(34-18-22-14-8-3-9-15-22)25(33-17-21-12-6-2-7-13-21)23(35-27(24)30-31-29)19-32-16-20-10-4-1-5-11-20/h1-15,23-27H,16-19H2/t23-,24-,25+,26-,27-/m1/s1. The minimum atomic E-state index is -0.691. The molecule has 0 bridgehead atoms. The van der Waals surface area contributed by atoms with Crippen molar-refractivity contribution in [1.29, 1.82) is 0 Å². The zero-order valence-electron chi connectivity index (χ0n) is 19.2. The van der Waals surface area contributed by atoms with Crippen LogP contribution in [0, 0.1) is 0 Å². The largest absolute Gasteiger partial charge is 0.374 e. The Kier molecular flexibility index (Phi) is 9.94. The quantitative estimate of drug-likeness (QED) is 0.0881. The van der Waals surface area contributed by atoms with Crippen molar-refractivity contribution >= 4 is 22.6 Å². The van der Waals surface area contributed by atoms with Gasteiger partial charge in [-0.3, -0.25) is 0 Å².